The molecule has 2 heterocycles. The lowest BCUT2D eigenvalue weighted by atomic mass is 10.1. The van der Waals surface area contributed by atoms with Gasteiger partial charge >= 0.3 is 5.69 Å². The summed E-state index contributed by atoms with van der Waals surface area (Å²) in [5.74, 6) is -2.24. The smallest absolute Gasteiger partial charge is 0.323 e. The van der Waals surface area contributed by atoms with Crippen molar-refractivity contribution in [2.75, 3.05) is 6.61 Å². The van der Waals surface area contributed by atoms with Gasteiger partial charge in [0.25, 0.3) is 11.5 Å². The highest BCUT2D eigenvalue weighted by Crippen LogP contribution is 2.20. The first-order valence-electron chi connectivity index (χ1n) is 11.6. The van der Waals surface area contributed by atoms with Gasteiger partial charge in [0, 0.05) is 12.3 Å². The number of halogens is 2. The molecule has 0 fully saturated rings. The van der Waals surface area contributed by atoms with Crippen molar-refractivity contribution >= 4 is 16.9 Å². The van der Waals surface area contributed by atoms with E-state index in [4.69, 9.17) is 4.74 Å². The number of fused-ring (bicyclic) bond motifs is 1. The molecular formula is C27H21F2N5O4. The van der Waals surface area contributed by atoms with Crippen molar-refractivity contribution < 1.29 is 18.3 Å². The van der Waals surface area contributed by atoms with Gasteiger partial charge < -0.3 is 20.0 Å². The van der Waals surface area contributed by atoms with Gasteiger partial charge in [0.2, 0.25) is 0 Å². The predicted molar refractivity (Wildman–Crippen MR) is 135 cm³/mol. The molecule has 192 valence electrons. The van der Waals surface area contributed by atoms with E-state index in [2.05, 4.69) is 20.3 Å². The summed E-state index contributed by atoms with van der Waals surface area (Å²) in [5, 5.41) is 2.82. The minimum Gasteiger partial charge on any atom is -0.491 e. The van der Waals surface area contributed by atoms with E-state index in [1.165, 1.54) is 12.4 Å². The van der Waals surface area contributed by atoms with Crippen LogP contribution in [0.5, 0.6) is 5.75 Å². The van der Waals surface area contributed by atoms with E-state index in [0.717, 1.165) is 28.5 Å². The van der Waals surface area contributed by atoms with Crippen molar-refractivity contribution in [2.24, 2.45) is 0 Å². The lowest BCUT2D eigenvalue weighted by Crippen LogP contribution is -2.37. The summed E-state index contributed by atoms with van der Waals surface area (Å²) >= 11 is 0. The highest BCUT2D eigenvalue weighted by atomic mass is 19.2. The van der Waals surface area contributed by atoms with Crippen molar-refractivity contribution in [3.8, 4) is 5.75 Å². The third kappa shape index (κ3) is 5.36. The Balaban J connectivity index is 1.36. The monoisotopic (exact) mass is 517 g/mol. The number of aromatic amines is 2. The van der Waals surface area contributed by atoms with Crippen LogP contribution in [-0.2, 0) is 6.54 Å². The fraction of sp³-hybridized carbons (Fsp3) is 0.111. The molecular weight excluding hydrogens is 496 g/mol. The molecule has 0 spiro atoms. The number of aromatic nitrogens is 4. The van der Waals surface area contributed by atoms with Gasteiger partial charge in [-0.15, -0.1) is 0 Å². The Hall–Kier alpha value is -5.06. The summed E-state index contributed by atoms with van der Waals surface area (Å²) in [6.45, 7) is -0.0711. The Kier molecular flexibility index (Phi) is 6.81. The number of carbonyl (C=O) groups is 1. The Morgan fingerprint density at radius 2 is 1.76 bits per heavy atom. The minimum atomic E-state index is -1.04. The van der Waals surface area contributed by atoms with Crippen LogP contribution in [0.25, 0.3) is 11.0 Å². The molecule has 2 aromatic heterocycles. The first-order valence-corrected chi connectivity index (χ1v) is 11.6. The Labute approximate surface area is 213 Å². The zero-order valence-corrected chi connectivity index (χ0v) is 19.8. The third-order valence-electron chi connectivity index (χ3n) is 5.89. The van der Waals surface area contributed by atoms with Crippen LogP contribution >= 0.6 is 0 Å². The zero-order valence-electron chi connectivity index (χ0n) is 19.8. The maximum Gasteiger partial charge on any atom is 0.323 e. The number of carbonyl (C=O) groups excluding carboxylic acids is 1. The highest BCUT2D eigenvalue weighted by molar-refractivity contribution is 5.93. The fourth-order valence-electron chi connectivity index (χ4n) is 3.98. The maximum atomic E-state index is 13.6. The van der Waals surface area contributed by atoms with E-state index in [1.54, 1.807) is 18.2 Å². The first-order chi connectivity index (χ1) is 18.4. The predicted octanol–water partition coefficient (Wildman–Crippen LogP) is 3.29. The Bertz CT molecular complexity index is 1730. The Morgan fingerprint density at radius 3 is 2.55 bits per heavy atom. The number of rotatable bonds is 8. The number of ether oxygens (including phenoxy) is 1. The summed E-state index contributed by atoms with van der Waals surface area (Å²) in [6, 6.07) is 16.8. The van der Waals surface area contributed by atoms with Crippen LogP contribution < -0.4 is 21.3 Å². The van der Waals surface area contributed by atoms with Gasteiger partial charge in [-0.2, -0.15) is 0 Å². The normalized spacial score (nSPS) is 11.8. The van der Waals surface area contributed by atoms with Crippen molar-refractivity contribution in [1.29, 1.82) is 0 Å². The van der Waals surface area contributed by atoms with Gasteiger partial charge in [0.15, 0.2) is 11.6 Å². The average Bonchev–Trinajstić information content (AvgIpc) is 3.29. The molecule has 1 amide bonds. The second kappa shape index (κ2) is 10.5. The summed E-state index contributed by atoms with van der Waals surface area (Å²) in [5.41, 5.74) is 1.08. The van der Waals surface area contributed by atoms with Crippen LogP contribution in [0.3, 0.4) is 0 Å². The fourth-order valence-corrected chi connectivity index (χ4v) is 3.98. The van der Waals surface area contributed by atoms with Crippen molar-refractivity contribution in [2.45, 2.75) is 12.6 Å². The summed E-state index contributed by atoms with van der Waals surface area (Å²) < 4.78 is 33.9. The molecule has 5 rings (SSSR count). The molecule has 11 heteroatoms. The molecule has 0 bridgehead atoms. The molecule has 0 aliphatic carbocycles. The zero-order chi connectivity index (χ0) is 26.6. The molecule has 0 saturated heterocycles. The minimum absolute atomic E-state index is 0.0270. The van der Waals surface area contributed by atoms with Gasteiger partial charge in [-0.25, -0.2) is 18.6 Å². The molecule has 0 unspecified atom stereocenters. The number of hydrogen-bond donors (Lipinski definition) is 3. The topological polar surface area (TPSA) is 122 Å². The van der Waals surface area contributed by atoms with Gasteiger partial charge in [0.1, 0.15) is 17.9 Å². The van der Waals surface area contributed by atoms with E-state index in [1.807, 2.05) is 30.3 Å². The van der Waals surface area contributed by atoms with Crippen molar-refractivity contribution in [3.05, 3.63) is 128 Å². The summed E-state index contributed by atoms with van der Waals surface area (Å²) in [7, 11) is 0. The quantitative estimate of drug-likeness (QED) is 0.292. The van der Waals surface area contributed by atoms with Gasteiger partial charge in [-0.3, -0.25) is 14.2 Å². The number of benzene rings is 3. The number of hydrogen-bond acceptors (Lipinski definition) is 5. The standard InChI is InChI=1S/C27H21F2N5O4/c28-20-8-6-16(10-21(20)29)13-34-15-30-12-19(26(34)36)25(35)31-24(17-4-2-1-3-5-17)14-38-18-7-9-22-23(11-18)33-27(37)32-22/h1-12,15,24H,13-14H2,(H,31,35)(H2,32,33,37)/t24-/m0/s1. The van der Waals surface area contributed by atoms with Gasteiger partial charge in [-0.1, -0.05) is 36.4 Å². The molecule has 1 atom stereocenters. The molecule has 0 radical (unpaired) electrons. The van der Waals surface area contributed by atoms with Crippen LogP contribution in [0.1, 0.15) is 27.5 Å². The molecule has 9 nitrogen and oxygen atoms in total. The number of amides is 1. The van der Waals surface area contributed by atoms with Crippen LogP contribution in [0.4, 0.5) is 8.78 Å². The first kappa shape index (κ1) is 24.6. The number of nitrogens with zero attached hydrogens (tertiary/aromatic N) is 2. The van der Waals surface area contributed by atoms with Gasteiger partial charge in [0.05, 0.1) is 29.9 Å². The second-order valence-electron chi connectivity index (χ2n) is 8.52. The van der Waals surface area contributed by atoms with E-state index >= 15 is 0 Å². The maximum absolute atomic E-state index is 13.6. The van der Waals surface area contributed by atoms with Gasteiger partial charge in [-0.05, 0) is 35.4 Å². The average molecular weight is 517 g/mol. The van der Waals surface area contributed by atoms with E-state index < -0.39 is 29.1 Å². The second-order valence-corrected chi connectivity index (χ2v) is 8.52. The SMILES string of the molecule is O=C(N[C@@H](COc1ccc2[nH]c(=O)[nH]c2c1)c1ccccc1)c1cncn(Cc2ccc(F)c(F)c2)c1=O. The Morgan fingerprint density at radius 1 is 0.974 bits per heavy atom. The molecule has 3 aromatic carbocycles. The largest absolute Gasteiger partial charge is 0.491 e. The summed E-state index contributed by atoms with van der Waals surface area (Å²) in [6.07, 6.45) is 2.37. The molecule has 3 N–H and O–H groups in total. The number of nitrogens with one attached hydrogen (secondary N) is 3. The molecule has 0 aliphatic heterocycles. The molecule has 0 aliphatic rings. The lowest BCUT2D eigenvalue weighted by molar-refractivity contribution is 0.0918. The van der Waals surface area contributed by atoms with Crippen LogP contribution in [0.2, 0.25) is 0 Å². The van der Waals surface area contributed by atoms with Crippen molar-refractivity contribution in [1.82, 2.24) is 24.8 Å². The van der Waals surface area contributed by atoms with Crippen LogP contribution in [-0.4, -0.2) is 32.0 Å². The summed E-state index contributed by atoms with van der Waals surface area (Å²) in [4.78, 5) is 47.0. The molecule has 5 aromatic rings. The molecule has 0 saturated carbocycles. The van der Waals surface area contributed by atoms with Crippen LogP contribution in [0.15, 0.2) is 88.8 Å². The van der Waals surface area contributed by atoms with Crippen molar-refractivity contribution in [3.63, 3.8) is 0 Å². The van der Waals surface area contributed by atoms with Crippen LogP contribution in [0, 0.1) is 11.6 Å². The number of imidazole rings is 1. The van der Waals surface area contributed by atoms with E-state index in [9.17, 15) is 23.2 Å². The third-order valence-corrected chi connectivity index (χ3v) is 5.89. The number of H-pyrrole nitrogens is 2. The lowest BCUT2D eigenvalue weighted by Gasteiger charge is -2.20. The molecule has 38 heavy (non-hydrogen) atoms. The van der Waals surface area contributed by atoms with E-state index in [-0.39, 0.29) is 24.4 Å². The van der Waals surface area contributed by atoms with E-state index in [0.29, 0.717) is 22.3 Å². The highest BCUT2D eigenvalue weighted by Gasteiger charge is 2.20.